The number of carboxylic acids is 1. The van der Waals surface area contributed by atoms with E-state index in [1.54, 1.807) is 0 Å². The van der Waals surface area contributed by atoms with E-state index in [1.807, 2.05) is 27.7 Å². The van der Waals surface area contributed by atoms with Crippen LogP contribution in [0.2, 0.25) is 0 Å². The largest absolute Gasteiger partial charge is 0.480 e. The summed E-state index contributed by atoms with van der Waals surface area (Å²) in [6.07, 6.45) is 2.63. The zero-order chi connectivity index (χ0) is 21.3. The molecule has 1 saturated heterocycles. The lowest BCUT2D eigenvalue weighted by molar-refractivity contribution is -0.142. The molecule has 4 unspecified atom stereocenters. The molecular weight excluding hydrogens is 364 g/mol. The van der Waals surface area contributed by atoms with Crippen LogP contribution in [-0.4, -0.2) is 60.0 Å². The highest BCUT2D eigenvalue weighted by molar-refractivity contribution is 5.92. The van der Waals surface area contributed by atoms with Gasteiger partial charge in [0.25, 0.3) is 0 Å². The molecule has 1 heterocycles. The predicted molar refractivity (Wildman–Crippen MR) is 104 cm³/mol. The van der Waals surface area contributed by atoms with Gasteiger partial charge in [0.15, 0.2) is 0 Å². The summed E-state index contributed by atoms with van der Waals surface area (Å²) < 4.78 is 0. The Labute approximate surface area is 166 Å². The van der Waals surface area contributed by atoms with E-state index < -0.39 is 29.9 Å². The van der Waals surface area contributed by atoms with Gasteiger partial charge in [0, 0.05) is 0 Å². The molecule has 160 valence electrons. The maximum atomic E-state index is 12.6. The Kier molecular flexibility index (Phi) is 9.92. The molecule has 5 N–H and O–H groups in total. The molecule has 0 aromatic rings. The van der Waals surface area contributed by atoms with Gasteiger partial charge in [-0.1, -0.05) is 34.1 Å². The Bertz CT molecular complexity index is 561. The first-order chi connectivity index (χ1) is 13.1. The van der Waals surface area contributed by atoms with Crippen molar-refractivity contribution in [3.63, 3.8) is 0 Å². The van der Waals surface area contributed by atoms with Crippen LogP contribution in [0.4, 0.5) is 0 Å². The first kappa shape index (κ1) is 23.9. The zero-order valence-corrected chi connectivity index (χ0v) is 17.2. The van der Waals surface area contributed by atoms with Crippen molar-refractivity contribution in [2.45, 2.75) is 71.5 Å². The number of hydrogen-bond acceptors (Lipinski definition) is 5. The van der Waals surface area contributed by atoms with E-state index in [0.29, 0.717) is 12.8 Å². The summed E-state index contributed by atoms with van der Waals surface area (Å²) in [6.45, 7) is 7.94. The number of rotatable bonds is 11. The van der Waals surface area contributed by atoms with E-state index in [4.69, 9.17) is 0 Å². The molecule has 0 aromatic heterocycles. The summed E-state index contributed by atoms with van der Waals surface area (Å²) in [5.41, 5.74) is 0. The molecular formula is C19H34N4O5. The number of carbonyl (C=O) groups excluding carboxylic acids is 3. The van der Waals surface area contributed by atoms with Gasteiger partial charge in [-0.2, -0.15) is 0 Å². The van der Waals surface area contributed by atoms with Gasteiger partial charge >= 0.3 is 5.97 Å². The van der Waals surface area contributed by atoms with Gasteiger partial charge in [-0.05, 0) is 37.6 Å². The van der Waals surface area contributed by atoms with Crippen molar-refractivity contribution in [3.8, 4) is 0 Å². The summed E-state index contributed by atoms with van der Waals surface area (Å²) in [4.78, 5) is 48.2. The summed E-state index contributed by atoms with van der Waals surface area (Å²) in [5.74, 6) is -2.36. The van der Waals surface area contributed by atoms with Crippen molar-refractivity contribution in [2.75, 3.05) is 13.1 Å². The maximum Gasteiger partial charge on any atom is 0.326 e. The molecule has 0 bridgehead atoms. The highest BCUT2D eigenvalue weighted by atomic mass is 16.4. The second-order valence-corrected chi connectivity index (χ2v) is 7.83. The minimum Gasteiger partial charge on any atom is -0.480 e. The van der Waals surface area contributed by atoms with Gasteiger partial charge in [-0.15, -0.1) is 0 Å². The van der Waals surface area contributed by atoms with Crippen molar-refractivity contribution in [3.05, 3.63) is 0 Å². The van der Waals surface area contributed by atoms with Crippen LogP contribution < -0.4 is 21.3 Å². The van der Waals surface area contributed by atoms with Gasteiger partial charge < -0.3 is 26.4 Å². The molecule has 1 aliphatic rings. The van der Waals surface area contributed by atoms with Gasteiger partial charge in [-0.25, -0.2) is 4.79 Å². The molecule has 0 aliphatic carbocycles. The second-order valence-electron chi connectivity index (χ2n) is 7.83. The van der Waals surface area contributed by atoms with Gasteiger partial charge in [0.1, 0.15) is 12.1 Å². The lowest BCUT2D eigenvalue weighted by Crippen LogP contribution is -2.55. The first-order valence-electron chi connectivity index (χ1n) is 9.99. The normalized spacial score (nSPS) is 19.5. The molecule has 9 heteroatoms. The minimum atomic E-state index is -1.11. The summed E-state index contributed by atoms with van der Waals surface area (Å²) >= 11 is 0. The second kappa shape index (κ2) is 11.6. The third kappa shape index (κ3) is 7.84. The summed E-state index contributed by atoms with van der Waals surface area (Å²) in [5, 5.41) is 20.0. The predicted octanol–water partition coefficient (Wildman–Crippen LogP) is 0.00100. The Balaban J connectivity index is 2.60. The van der Waals surface area contributed by atoms with E-state index >= 15 is 0 Å². The lowest BCUT2D eigenvalue weighted by atomic mass is 9.97. The van der Waals surface area contributed by atoms with E-state index in [9.17, 15) is 24.3 Å². The zero-order valence-electron chi connectivity index (χ0n) is 17.2. The number of nitrogens with one attached hydrogen (secondary N) is 4. The molecule has 0 radical (unpaired) electrons. The molecule has 28 heavy (non-hydrogen) atoms. The fraction of sp³-hybridized carbons (Fsp3) is 0.789. The van der Waals surface area contributed by atoms with Crippen molar-refractivity contribution in [2.24, 2.45) is 11.8 Å². The van der Waals surface area contributed by atoms with Crippen LogP contribution in [0.25, 0.3) is 0 Å². The van der Waals surface area contributed by atoms with Crippen LogP contribution in [0.1, 0.15) is 53.4 Å². The van der Waals surface area contributed by atoms with Crippen LogP contribution >= 0.6 is 0 Å². The van der Waals surface area contributed by atoms with Gasteiger partial charge in [0.05, 0.1) is 12.6 Å². The van der Waals surface area contributed by atoms with Crippen molar-refractivity contribution >= 4 is 23.7 Å². The third-order valence-corrected chi connectivity index (χ3v) is 4.93. The fourth-order valence-corrected chi connectivity index (χ4v) is 3.08. The van der Waals surface area contributed by atoms with E-state index in [-0.39, 0.29) is 30.3 Å². The Morgan fingerprint density at radius 3 is 2.32 bits per heavy atom. The quantitative estimate of drug-likeness (QED) is 0.332. The first-order valence-corrected chi connectivity index (χ1v) is 9.99. The van der Waals surface area contributed by atoms with Crippen molar-refractivity contribution in [1.82, 2.24) is 21.3 Å². The van der Waals surface area contributed by atoms with Gasteiger partial charge in [0.2, 0.25) is 17.7 Å². The standard InChI is InChI=1S/C19H34N4O5/c1-5-12(4)16(23-17(25)13-7-6-8-20-13)18(26)21-10-15(24)22-14(19(27)28)9-11(2)3/h11-14,16,20H,5-10H2,1-4H3,(H,21,26)(H,22,24)(H,23,25)(H,27,28). The molecule has 3 amide bonds. The molecule has 4 atom stereocenters. The molecule has 0 spiro atoms. The summed E-state index contributed by atoms with van der Waals surface area (Å²) in [7, 11) is 0. The highest BCUT2D eigenvalue weighted by Crippen LogP contribution is 2.11. The molecule has 9 nitrogen and oxygen atoms in total. The van der Waals surface area contributed by atoms with E-state index in [2.05, 4.69) is 21.3 Å². The van der Waals surface area contributed by atoms with Crippen molar-refractivity contribution in [1.29, 1.82) is 0 Å². The fourth-order valence-electron chi connectivity index (χ4n) is 3.08. The van der Waals surface area contributed by atoms with Crippen LogP contribution in [0.5, 0.6) is 0 Å². The Morgan fingerprint density at radius 1 is 1.14 bits per heavy atom. The molecule has 1 aliphatic heterocycles. The third-order valence-electron chi connectivity index (χ3n) is 4.93. The summed E-state index contributed by atoms with van der Waals surface area (Å²) in [6, 6.07) is -2.04. The lowest BCUT2D eigenvalue weighted by Gasteiger charge is -2.25. The van der Waals surface area contributed by atoms with Crippen LogP contribution in [0.15, 0.2) is 0 Å². The smallest absolute Gasteiger partial charge is 0.326 e. The van der Waals surface area contributed by atoms with Crippen LogP contribution in [0, 0.1) is 11.8 Å². The number of amides is 3. The molecule has 0 aromatic carbocycles. The average Bonchev–Trinajstić information content (AvgIpc) is 3.17. The number of carboxylic acid groups (broad SMARTS) is 1. The number of hydrogen-bond donors (Lipinski definition) is 5. The maximum absolute atomic E-state index is 12.6. The molecule has 1 fully saturated rings. The Morgan fingerprint density at radius 2 is 1.82 bits per heavy atom. The van der Waals surface area contributed by atoms with E-state index in [1.165, 1.54) is 0 Å². The molecule has 1 rings (SSSR count). The number of carbonyl (C=O) groups is 4. The average molecular weight is 399 g/mol. The molecule has 0 saturated carbocycles. The van der Waals surface area contributed by atoms with Crippen LogP contribution in [0.3, 0.4) is 0 Å². The van der Waals surface area contributed by atoms with E-state index in [0.717, 1.165) is 19.4 Å². The SMILES string of the molecule is CCC(C)C(NC(=O)C1CCCN1)C(=O)NCC(=O)NC(CC(C)C)C(=O)O. The minimum absolute atomic E-state index is 0.102. The van der Waals surface area contributed by atoms with Gasteiger partial charge in [-0.3, -0.25) is 14.4 Å². The Hall–Kier alpha value is -2.16. The topological polar surface area (TPSA) is 137 Å². The van der Waals surface area contributed by atoms with Crippen LogP contribution in [-0.2, 0) is 19.2 Å². The monoisotopic (exact) mass is 398 g/mol. The number of aliphatic carboxylic acids is 1. The highest BCUT2D eigenvalue weighted by Gasteiger charge is 2.30. The van der Waals surface area contributed by atoms with Crippen molar-refractivity contribution < 1.29 is 24.3 Å².